The molecule has 4 nitrogen and oxygen atoms in total. The molecule has 3 aromatic rings. The van der Waals surface area contributed by atoms with E-state index in [4.69, 9.17) is 23.2 Å². The third kappa shape index (κ3) is 2.47. The van der Waals surface area contributed by atoms with Gasteiger partial charge in [0.25, 0.3) is 0 Å². The van der Waals surface area contributed by atoms with Crippen LogP contribution in [0.25, 0.3) is 11.0 Å². The molecule has 0 spiro atoms. The summed E-state index contributed by atoms with van der Waals surface area (Å²) in [5.74, 6) is 0.642. The number of imidazole rings is 1. The van der Waals surface area contributed by atoms with E-state index in [0.717, 1.165) is 21.9 Å². The number of rotatable bonds is 3. The highest BCUT2D eigenvalue weighted by Crippen LogP contribution is 2.27. The first-order valence-corrected chi connectivity index (χ1v) is 7.48. The van der Waals surface area contributed by atoms with Gasteiger partial charge in [-0.3, -0.25) is 0 Å². The van der Waals surface area contributed by atoms with E-state index >= 15 is 0 Å². The fourth-order valence-electron chi connectivity index (χ4n) is 1.45. The van der Waals surface area contributed by atoms with Gasteiger partial charge in [0, 0.05) is 22.3 Å². The number of nitrogens with one attached hydrogen (secondary N) is 1. The summed E-state index contributed by atoms with van der Waals surface area (Å²) >= 11 is 14.6. The Morgan fingerprint density at radius 3 is 3.00 bits per heavy atom. The topological polar surface area (TPSA) is 54.5 Å². The molecule has 8 heteroatoms. The van der Waals surface area contributed by atoms with Gasteiger partial charge >= 0.3 is 0 Å². The van der Waals surface area contributed by atoms with Gasteiger partial charge in [-0.05, 0) is 18.2 Å². The molecule has 0 fully saturated rings. The Bertz CT molecular complexity index is 694. The molecular formula is C10H6Cl2N4S2. The molecule has 0 aliphatic heterocycles. The monoisotopic (exact) mass is 316 g/mol. The van der Waals surface area contributed by atoms with Crippen molar-refractivity contribution in [3.8, 4) is 0 Å². The van der Waals surface area contributed by atoms with Crippen LogP contribution in [0.1, 0.15) is 5.69 Å². The van der Waals surface area contributed by atoms with Crippen molar-refractivity contribution in [3.63, 3.8) is 0 Å². The van der Waals surface area contributed by atoms with E-state index in [1.807, 2.05) is 18.2 Å². The Morgan fingerprint density at radius 2 is 2.22 bits per heavy atom. The zero-order chi connectivity index (χ0) is 12.5. The minimum atomic E-state index is 0.627. The maximum atomic E-state index is 5.94. The van der Waals surface area contributed by atoms with Gasteiger partial charge in [-0.25, -0.2) is 4.98 Å². The number of aromatic amines is 1. The highest BCUT2D eigenvalue weighted by atomic mass is 35.5. The summed E-state index contributed by atoms with van der Waals surface area (Å²) in [6.45, 7) is 0. The van der Waals surface area contributed by atoms with Gasteiger partial charge in [0.05, 0.1) is 11.0 Å². The molecule has 1 N–H and O–H groups in total. The molecule has 0 atom stereocenters. The van der Waals surface area contributed by atoms with E-state index in [1.165, 1.54) is 23.3 Å². The molecule has 0 aliphatic rings. The summed E-state index contributed by atoms with van der Waals surface area (Å²) in [7, 11) is 0. The Hall–Kier alpha value is -0.820. The third-order valence-electron chi connectivity index (χ3n) is 2.28. The van der Waals surface area contributed by atoms with Crippen LogP contribution in [0.3, 0.4) is 0 Å². The summed E-state index contributed by atoms with van der Waals surface area (Å²) in [6.07, 6.45) is 0. The van der Waals surface area contributed by atoms with E-state index < -0.39 is 0 Å². The summed E-state index contributed by atoms with van der Waals surface area (Å²) < 4.78 is 4.41. The second-order valence-corrected chi connectivity index (χ2v) is 6.24. The number of benzene rings is 1. The molecule has 2 heterocycles. The molecule has 0 amide bonds. The van der Waals surface area contributed by atoms with Gasteiger partial charge in [-0.1, -0.05) is 39.5 Å². The first-order chi connectivity index (χ1) is 8.72. The van der Waals surface area contributed by atoms with Crippen molar-refractivity contribution in [2.24, 2.45) is 0 Å². The van der Waals surface area contributed by atoms with Crippen LogP contribution < -0.4 is 0 Å². The number of fused-ring (bicyclic) bond motifs is 1. The fourth-order valence-corrected chi connectivity index (χ4v) is 3.24. The molecule has 2 aromatic heterocycles. The Labute approximate surface area is 121 Å². The van der Waals surface area contributed by atoms with E-state index in [2.05, 4.69) is 19.6 Å². The predicted molar refractivity (Wildman–Crippen MR) is 75.6 cm³/mol. The van der Waals surface area contributed by atoms with Crippen LogP contribution in [-0.2, 0) is 5.75 Å². The molecule has 3 rings (SSSR count). The zero-order valence-electron chi connectivity index (χ0n) is 8.85. The van der Waals surface area contributed by atoms with Crippen LogP contribution >= 0.6 is 46.5 Å². The zero-order valence-corrected chi connectivity index (χ0v) is 12.0. The highest BCUT2D eigenvalue weighted by molar-refractivity contribution is 7.98. The van der Waals surface area contributed by atoms with Crippen molar-refractivity contribution in [1.82, 2.24) is 19.6 Å². The second kappa shape index (κ2) is 5.05. The molecule has 0 unspecified atom stereocenters. The quantitative estimate of drug-likeness (QED) is 0.742. The van der Waals surface area contributed by atoms with Gasteiger partial charge in [0.2, 0.25) is 0 Å². The lowest BCUT2D eigenvalue weighted by molar-refractivity contribution is 1.05. The maximum absolute atomic E-state index is 5.94. The number of aromatic nitrogens is 4. The largest absolute Gasteiger partial charge is 0.333 e. The summed E-state index contributed by atoms with van der Waals surface area (Å²) in [4.78, 5) is 7.64. The molecule has 0 saturated heterocycles. The van der Waals surface area contributed by atoms with Crippen LogP contribution in [0.15, 0.2) is 23.4 Å². The SMILES string of the molecule is Clc1ccc2nc(SCc3nnsc3Cl)[nH]c2c1. The fraction of sp³-hybridized carbons (Fsp3) is 0.100. The van der Waals surface area contributed by atoms with E-state index in [-0.39, 0.29) is 0 Å². The number of nitrogens with zero attached hydrogens (tertiary/aromatic N) is 3. The standard InChI is InChI=1S/C10H6Cl2N4S2/c11-5-1-2-6-7(3-5)14-10(13-6)17-4-8-9(12)18-16-15-8/h1-3H,4H2,(H,13,14). The van der Waals surface area contributed by atoms with Gasteiger partial charge in [-0.15, -0.1) is 5.10 Å². The van der Waals surface area contributed by atoms with Crippen LogP contribution in [0.2, 0.25) is 9.36 Å². The average molecular weight is 317 g/mol. The molecule has 18 heavy (non-hydrogen) atoms. The molecule has 0 aliphatic carbocycles. The van der Waals surface area contributed by atoms with Crippen LogP contribution in [0.4, 0.5) is 0 Å². The molecular weight excluding hydrogens is 311 g/mol. The molecule has 1 aromatic carbocycles. The Balaban J connectivity index is 1.81. The first-order valence-electron chi connectivity index (χ1n) is 4.97. The third-order valence-corrected chi connectivity index (χ3v) is 4.38. The second-order valence-electron chi connectivity index (χ2n) is 3.49. The minimum Gasteiger partial charge on any atom is -0.333 e. The summed E-state index contributed by atoms with van der Waals surface area (Å²) in [6, 6.07) is 5.56. The molecule has 0 radical (unpaired) electrons. The number of thioether (sulfide) groups is 1. The molecule has 0 bridgehead atoms. The minimum absolute atomic E-state index is 0.627. The van der Waals surface area contributed by atoms with Crippen LogP contribution in [0, 0.1) is 0 Å². The summed E-state index contributed by atoms with van der Waals surface area (Å²) in [5.41, 5.74) is 2.60. The lowest BCUT2D eigenvalue weighted by Crippen LogP contribution is -1.83. The molecule has 92 valence electrons. The van der Waals surface area contributed by atoms with Gasteiger partial charge < -0.3 is 4.98 Å². The highest BCUT2D eigenvalue weighted by Gasteiger charge is 2.08. The van der Waals surface area contributed by atoms with Gasteiger partial charge in [0.1, 0.15) is 10.0 Å². The van der Waals surface area contributed by atoms with Crippen molar-refractivity contribution in [2.75, 3.05) is 0 Å². The first kappa shape index (κ1) is 12.2. The smallest absolute Gasteiger partial charge is 0.166 e. The Morgan fingerprint density at radius 1 is 1.33 bits per heavy atom. The van der Waals surface area contributed by atoms with Crippen LogP contribution in [-0.4, -0.2) is 19.6 Å². The van der Waals surface area contributed by atoms with Crippen molar-refractivity contribution < 1.29 is 0 Å². The lowest BCUT2D eigenvalue weighted by atomic mass is 10.3. The lowest BCUT2D eigenvalue weighted by Gasteiger charge is -1.93. The van der Waals surface area contributed by atoms with E-state index in [0.29, 0.717) is 15.1 Å². The average Bonchev–Trinajstić information content (AvgIpc) is 2.92. The normalized spacial score (nSPS) is 11.2. The number of hydrogen-bond donors (Lipinski definition) is 1. The van der Waals surface area contributed by atoms with E-state index in [1.54, 1.807) is 0 Å². The van der Waals surface area contributed by atoms with Crippen LogP contribution in [0.5, 0.6) is 0 Å². The summed E-state index contributed by atoms with van der Waals surface area (Å²) in [5, 5.41) is 5.46. The van der Waals surface area contributed by atoms with Crippen molar-refractivity contribution in [3.05, 3.63) is 33.3 Å². The number of hydrogen-bond acceptors (Lipinski definition) is 5. The van der Waals surface area contributed by atoms with E-state index in [9.17, 15) is 0 Å². The Kier molecular flexibility index (Phi) is 3.43. The van der Waals surface area contributed by atoms with Gasteiger partial charge in [0.15, 0.2) is 5.16 Å². The molecule has 0 saturated carbocycles. The van der Waals surface area contributed by atoms with Crippen molar-refractivity contribution in [2.45, 2.75) is 10.9 Å². The van der Waals surface area contributed by atoms with Crippen molar-refractivity contribution >= 4 is 57.5 Å². The van der Waals surface area contributed by atoms with Gasteiger partial charge in [-0.2, -0.15) is 0 Å². The maximum Gasteiger partial charge on any atom is 0.166 e. The van der Waals surface area contributed by atoms with Crippen molar-refractivity contribution in [1.29, 1.82) is 0 Å². The number of halogens is 2. The number of H-pyrrole nitrogens is 1. The predicted octanol–water partition coefficient (Wildman–Crippen LogP) is 4.01.